The van der Waals surface area contributed by atoms with Crippen molar-refractivity contribution in [3.05, 3.63) is 41.5 Å². The van der Waals surface area contributed by atoms with Gasteiger partial charge in [-0.3, -0.25) is 4.79 Å². The van der Waals surface area contributed by atoms with Gasteiger partial charge in [0.1, 0.15) is 0 Å². The summed E-state index contributed by atoms with van der Waals surface area (Å²) in [7, 11) is 0. The molecule has 3 nitrogen and oxygen atoms in total. The highest BCUT2D eigenvalue weighted by atomic mass is 19.4. The second-order valence-electron chi connectivity index (χ2n) is 5.88. The molecule has 1 saturated heterocycles. The molecule has 1 unspecified atom stereocenters. The third-order valence-electron chi connectivity index (χ3n) is 4.10. The SMILES string of the molecule is C/C(=C/C(=O)N1CCCC(CO)C1)c1ccc(C(F)(F)F)cc1. The standard InChI is InChI=1S/C17H20F3NO2/c1-12(14-4-6-15(7-5-14)17(18,19)20)9-16(23)21-8-2-3-13(10-21)11-22/h4-7,9,13,22H,2-3,8,10-11H2,1H3/b12-9-. The number of amides is 1. The van der Waals surface area contributed by atoms with E-state index in [4.69, 9.17) is 0 Å². The second kappa shape index (κ2) is 7.17. The molecule has 1 aromatic carbocycles. The van der Waals surface area contributed by atoms with Crippen molar-refractivity contribution < 1.29 is 23.1 Å². The molecule has 2 rings (SSSR count). The molecule has 0 aliphatic carbocycles. The molecular formula is C17H20F3NO2. The third-order valence-corrected chi connectivity index (χ3v) is 4.10. The van der Waals surface area contributed by atoms with Gasteiger partial charge in [0.2, 0.25) is 5.91 Å². The van der Waals surface area contributed by atoms with Gasteiger partial charge < -0.3 is 10.0 Å². The first-order chi connectivity index (χ1) is 10.8. The predicted octanol–water partition coefficient (Wildman–Crippen LogP) is 3.34. The van der Waals surface area contributed by atoms with Gasteiger partial charge in [-0.05, 0) is 49.0 Å². The van der Waals surface area contributed by atoms with E-state index in [0.717, 1.165) is 25.0 Å². The first-order valence-corrected chi connectivity index (χ1v) is 7.57. The van der Waals surface area contributed by atoms with Crippen LogP contribution in [-0.2, 0) is 11.0 Å². The molecule has 1 heterocycles. The van der Waals surface area contributed by atoms with Gasteiger partial charge >= 0.3 is 6.18 Å². The van der Waals surface area contributed by atoms with E-state index in [2.05, 4.69) is 0 Å². The van der Waals surface area contributed by atoms with Crippen LogP contribution in [0.5, 0.6) is 0 Å². The number of piperidine rings is 1. The molecule has 0 aromatic heterocycles. The predicted molar refractivity (Wildman–Crippen MR) is 81.5 cm³/mol. The van der Waals surface area contributed by atoms with Crippen LogP contribution in [0.1, 0.15) is 30.9 Å². The lowest BCUT2D eigenvalue weighted by atomic mass is 9.98. The van der Waals surface area contributed by atoms with Gasteiger partial charge in [-0.2, -0.15) is 13.2 Å². The Bertz CT molecular complexity index is 578. The fraction of sp³-hybridized carbons (Fsp3) is 0.471. The smallest absolute Gasteiger partial charge is 0.396 e. The average molecular weight is 327 g/mol. The number of allylic oxidation sites excluding steroid dienone is 1. The number of likely N-dealkylation sites (tertiary alicyclic amines) is 1. The third kappa shape index (κ3) is 4.58. The van der Waals surface area contributed by atoms with Gasteiger partial charge in [0.05, 0.1) is 5.56 Å². The zero-order chi connectivity index (χ0) is 17.0. The molecule has 6 heteroatoms. The summed E-state index contributed by atoms with van der Waals surface area (Å²) in [6.45, 7) is 2.93. The monoisotopic (exact) mass is 327 g/mol. The van der Waals surface area contributed by atoms with Crippen LogP contribution in [0, 0.1) is 5.92 Å². The van der Waals surface area contributed by atoms with Gasteiger partial charge in [0.25, 0.3) is 0 Å². The van der Waals surface area contributed by atoms with Gasteiger partial charge in [-0.15, -0.1) is 0 Å². The number of nitrogens with zero attached hydrogens (tertiary/aromatic N) is 1. The van der Waals surface area contributed by atoms with Crippen molar-refractivity contribution in [1.29, 1.82) is 0 Å². The number of alkyl halides is 3. The molecule has 1 aliphatic heterocycles. The fourth-order valence-electron chi connectivity index (χ4n) is 2.70. The molecular weight excluding hydrogens is 307 g/mol. The van der Waals surface area contributed by atoms with E-state index in [1.165, 1.54) is 18.2 Å². The second-order valence-corrected chi connectivity index (χ2v) is 5.88. The molecule has 0 bridgehead atoms. The Morgan fingerprint density at radius 2 is 2.00 bits per heavy atom. The molecule has 1 amide bonds. The maximum Gasteiger partial charge on any atom is 0.416 e. The molecule has 0 spiro atoms. The maximum atomic E-state index is 12.5. The van der Waals surface area contributed by atoms with Crippen molar-refractivity contribution >= 4 is 11.5 Å². The highest BCUT2D eigenvalue weighted by molar-refractivity contribution is 5.94. The minimum atomic E-state index is -4.36. The minimum Gasteiger partial charge on any atom is -0.396 e. The van der Waals surface area contributed by atoms with E-state index in [9.17, 15) is 23.1 Å². The fourth-order valence-corrected chi connectivity index (χ4v) is 2.70. The number of carbonyl (C=O) groups is 1. The van der Waals surface area contributed by atoms with E-state index in [1.807, 2.05) is 0 Å². The number of benzene rings is 1. The summed E-state index contributed by atoms with van der Waals surface area (Å²) in [6, 6.07) is 4.77. The molecule has 0 saturated carbocycles. The van der Waals surface area contributed by atoms with E-state index < -0.39 is 11.7 Å². The van der Waals surface area contributed by atoms with Crippen molar-refractivity contribution in [2.75, 3.05) is 19.7 Å². The van der Waals surface area contributed by atoms with Crippen molar-refractivity contribution in [1.82, 2.24) is 4.90 Å². The van der Waals surface area contributed by atoms with Crippen LogP contribution >= 0.6 is 0 Å². The van der Waals surface area contributed by atoms with E-state index in [0.29, 0.717) is 24.2 Å². The molecule has 1 atom stereocenters. The first-order valence-electron chi connectivity index (χ1n) is 7.57. The Balaban J connectivity index is 2.08. The molecule has 1 aliphatic rings. The normalized spacial score (nSPS) is 19.8. The minimum absolute atomic E-state index is 0.0609. The average Bonchev–Trinajstić information content (AvgIpc) is 2.54. The molecule has 126 valence electrons. The summed E-state index contributed by atoms with van der Waals surface area (Å²) in [5, 5.41) is 9.20. The van der Waals surface area contributed by atoms with E-state index in [1.54, 1.807) is 11.8 Å². The summed E-state index contributed by atoms with van der Waals surface area (Å²) < 4.78 is 37.6. The largest absolute Gasteiger partial charge is 0.416 e. The Hall–Kier alpha value is -1.82. The van der Waals surface area contributed by atoms with E-state index >= 15 is 0 Å². The number of halogens is 3. The van der Waals surface area contributed by atoms with Crippen LogP contribution in [0.2, 0.25) is 0 Å². The summed E-state index contributed by atoms with van der Waals surface area (Å²) in [5.41, 5.74) is 0.499. The number of hydrogen-bond donors (Lipinski definition) is 1. The number of carbonyl (C=O) groups excluding carboxylic acids is 1. The summed E-state index contributed by atoms with van der Waals surface area (Å²) >= 11 is 0. The van der Waals surface area contributed by atoms with Crippen LogP contribution < -0.4 is 0 Å². The Labute approximate surface area is 133 Å². The highest BCUT2D eigenvalue weighted by Gasteiger charge is 2.30. The number of hydrogen-bond acceptors (Lipinski definition) is 2. The van der Waals surface area contributed by atoms with Gasteiger partial charge in [-0.1, -0.05) is 12.1 Å². The number of rotatable bonds is 3. The van der Waals surface area contributed by atoms with Gasteiger partial charge in [0, 0.05) is 25.8 Å². The maximum absolute atomic E-state index is 12.5. The van der Waals surface area contributed by atoms with Crippen LogP contribution in [0.25, 0.3) is 5.57 Å². The Kier molecular flexibility index (Phi) is 5.46. The van der Waals surface area contributed by atoms with E-state index in [-0.39, 0.29) is 18.4 Å². The topological polar surface area (TPSA) is 40.5 Å². The lowest BCUT2D eigenvalue weighted by Crippen LogP contribution is -2.40. The molecule has 0 radical (unpaired) electrons. The van der Waals surface area contributed by atoms with Gasteiger partial charge in [0.15, 0.2) is 0 Å². The zero-order valence-electron chi connectivity index (χ0n) is 12.9. The van der Waals surface area contributed by atoms with Gasteiger partial charge in [-0.25, -0.2) is 0 Å². The summed E-state index contributed by atoms with van der Waals surface area (Å²) in [5.74, 6) is -0.0620. The molecule has 1 aromatic rings. The van der Waals surface area contributed by atoms with Crippen molar-refractivity contribution in [2.24, 2.45) is 5.92 Å². The quantitative estimate of drug-likeness (QED) is 0.865. The van der Waals surface area contributed by atoms with Crippen LogP contribution in [0.4, 0.5) is 13.2 Å². The lowest BCUT2D eigenvalue weighted by molar-refractivity contribution is -0.137. The van der Waals surface area contributed by atoms with Crippen molar-refractivity contribution in [2.45, 2.75) is 25.9 Å². The van der Waals surface area contributed by atoms with Crippen LogP contribution in [-0.4, -0.2) is 35.6 Å². The first kappa shape index (κ1) is 17.5. The highest BCUT2D eigenvalue weighted by Crippen LogP contribution is 2.30. The Morgan fingerprint density at radius 3 is 2.57 bits per heavy atom. The number of aliphatic hydroxyl groups excluding tert-OH is 1. The molecule has 1 fully saturated rings. The zero-order valence-corrected chi connectivity index (χ0v) is 12.9. The molecule has 1 N–H and O–H groups in total. The lowest BCUT2D eigenvalue weighted by Gasteiger charge is -2.31. The van der Waals surface area contributed by atoms with Crippen molar-refractivity contribution in [3.63, 3.8) is 0 Å². The summed E-state index contributed by atoms with van der Waals surface area (Å²) in [4.78, 5) is 13.9. The van der Waals surface area contributed by atoms with Crippen LogP contribution in [0.15, 0.2) is 30.3 Å². The van der Waals surface area contributed by atoms with Crippen LogP contribution in [0.3, 0.4) is 0 Å². The van der Waals surface area contributed by atoms with Crippen molar-refractivity contribution in [3.8, 4) is 0 Å². The summed E-state index contributed by atoms with van der Waals surface area (Å²) in [6.07, 6.45) is -1.16. The Morgan fingerprint density at radius 1 is 1.35 bits per heavy atom. The number of aliphatic hydroxyl groups is 1. The molecule has 23 heavy (non-hydrogen) atoms.